The van der Waals surface area contributed by atoms with Crippen molar-refractivity contribution >= 4 is 5.91 Å². The molecule has 3 aromatic rings. The van der Waals surface area contributed by atoms with E-state index in [-0.39, 0.29) is 5.91 Å². The van der Waals surface area contributed by atoms with Crippen LogP contribution in [0.2, 0.25) is 0 Å². The third kappa shape index (κ3) is 3.83. The lowest BCUT2D eigenvalue weighted by molar-refractivity contribution is -0.129. The summed E-state index contributed by atoms with van der Waals surface area (Å²) in [5.74, 6) is 2.08. The third-order valence-electron chi connectivity index (χ3n) is 5.22. The van der Waals surface area contributed by atoms with E-state index in [1.54, 1.807) is 18.0 Å². The summed E-state index contributed by atoms with van der Waals surface area (Å²) in [6.07, 6.45) is 3.62. The fourth-order valence-corrected chi connectivity index (χ4v) is 3.35. The van der Waals surface area contributed by atoms with Crippen molar-refractivity contribution in [2.45, 2.75) is 25.9 Å². The third-order valence-corrected chi connectivity index (χ3v) is 5.22. The predicted molar refractivity (Wildman–Crippen MR) is 113 cm³/mol. The maximum absolute atomic E-state index is 12.9. The summed E-state index contributed by atoms with van der Waals surface area (Å²) >= 11 is 0. The van der Waals surface area contributed by atoms with Gasteiger partial charge in [0.15, 0.2) is 11.5 Å². The average molecular weight is 407 g/mol. The zero-order valence-electron chi connectivity index (χ0n) is 17.3. The second-order valence-corrected chi connectivity index (χ2v) is 7.59. The second-order valence-electron chi connectivity index (χ2n) is 7.59. The number of benzene rings is 2. The molecule has 1 amide bonds. The van der Waals surface area contributed by atoms with Crippen molar-refractivity contribution in [2.24, 2.45) is 0 Å². The van der Waals surface area contributed by atoms with E-state index < -0.39 is 5.54 Å². The predicted octanol–water partition coefficient (Wildman–Crippen LogP) is 3.38. The van der Waals surface area contributed by atoms with Gasteiger partial charge in [0.1, 0.15) is 24.5 Å². The van der Waals surface area contributed by atoms with Gasteiger partial charge < -0.3 is 19.5 Å². The number of amides is 1. The molecule has 0 unspecified atom stereocenters. The first kappa shape index (κ1) is 19.8. The molecule has 0 aliphatic carbocycles. The van der Waals surface area contributed by atoms with E-state index in [1.807, 2.05) is 62.5 Å². The molecule has 2 heterocycles. The van der Waals surface area contributed by atoms with Crippen LogP contribution < -0.4 is 19.5 Å². The molecular formula is C23H25N3O4. The van der Waals surface area contributed by atoms with Gasteiger partial charge in [0.05, 0.1) is 13.3 Å². The molecule has 7 heteroatoms. The first-order chi connectivity index (χ1) is 14.5. The lowest BCUT2D eigenvalue weighted by Crippen LogP contribution is -2.44. The molecule has 0 spiro atoms. The molecule has 30 heavy (non-hydrogen) atoms. The van der Waals surface area contributed by atoms with E-state index in [1.165, 1.54) is 0 Å². The number of nitrogens with zero attached hydrogens (tertiary/aromatic N) is 2. The largest absolute Gasteiger partial charge is 0.496 e. The van der Waals surface area contributed by atoms with Crippen molar-refractivity contribution in [2.75, 3.05) is 20.3 Å². The Morgan fingerprint density at radius 1 is 1.13 bits per heavy atom. The Balaban J connectivity index is 1.49. The Kier molecular flexibility index (Phi) is 5.35. The minimum absolute atomic E-state index is 0.134. The number of methoxy groups -OCH3 is 1. The molecule has 1 aromatic heterocycles. The molecule has 0 bridgehead atoms. The lowest BCUT2D eigenvalue weighted by Gasteiger charge is -2.24. The van der Waals surface area contributed by atoms with Crippen molar-refractivity contribution in [1.29, 1.82) is 0 Å². The number of aromatic nitrogens is 2. The molecule has 1 aliphatic rings. The molecule has 2 aromatic carbocycles. The van der Waals surface area contributed by atoms with Crippen LogP contribution in [-0.2, 0) is 16.9 Å². The second kappa shape index (κ2) is 8.10. The van der Waals surface area contributed by atoms with Gasteiger partial charge in [-0.1, -0.05) is 24.3 Å². The number of carbonyl (C=O) groups excluding carboxylic acids is 1. The van der Waals surface area contributed by atoms with Gasteiger partial charge in [-0.3, -0.25) is 9.48 Å². The number of carbonyl (C=O) groups is 1. The maximum Gasteiger partial charge on any atom is 0.247 e. The Labute approximate surface area is 175 Å². The molecule has 0 atom stereocenters. The number of ether oxygens (including phenoxy) is 3. The van der Waals surface area contributed by atoms with Gasteiger partial charge in [-0.2, -0.15) is 5.10 Å². The normalized spacial score (nSPS) is 13.0. The fourth-order valence-electron chi connectivity index (χ4n) is 3.35. The summed E-state index contributed by atoms with van der Waals surface area (Å²) in [5.41, 5.74) is 1.91. The fraction of sp³-hybridized carbons (Fsp3) is 0.304. The van der Waals surface area contributed by atoms with E-state index in [4.69, 9.17) is 14.2 Å². The first-order valence-corrected chi connectivity index (χ1v) is 9.84. The highest BCUT2D eigenvalue weighted by molar-refractivity contribution is 5.83. The van der Waals surface area contributed by atoms with Gasteiger partial charge in [0, 0.05) is 23.9 Å². The summed E-state index contributed by atoms with van der Waals surface area (Å²) in [6.45, 7) is 5.15. The number of fused-ring (bicyclic) bond motifs is 1. The molecular weight excluding hydrogens is 382 g/mol. The molecule has 0 saturated carbocycles. The standard InChI is InChI=1S/C23H25N3O4/c1-23(2,22(27)24-13-17-6-4-5-7-19(17)28-3)26-15-18(14-25-26)16-8-9-20-21(12-16)30-11-10-29-20/h4-9,12,14-15H,10-11,13H2,1-3H3,(H,24,27). The van der Waals surface area contributed by atoms with Crippen molar-refractivity contribution < 1.29 is 19.0 Å². The van der Waals surface area contributed by atoms with Crippen LogP contribution in [0, 0.1) is 0 Å². The summed E-state index contributed by atoms with van der Waals surface area (Å²) < 4.78 is 18.3. The van der Waals surface area contributed by atoms with Gasteiger partial charge in [-0.25, -0.2) is 0 Å². The van der Waals surface area contributed by atoms with Crippen molar-refractivity contribution in [3.63, 3.8) is 0 Å². The molecule has 0 saturated heterocycles. The topological polar surface area (TPSA) is 74.6 Å². The van der Waals surface area contributed by atoms with Crippen LogP contribution in [0.15, 0.2) is 54.9 Å². The van der Waals surface area contributed by atoms with Crippen LogP contribution in [0.25, 0.3) is 11.1 Å². The van der Waals surface area contributed by atoms with Crippen molar-refractivity contribution in [3.05, 3.63) is 60.4 Å². The number of rotatable bonds is 6. The van der Waals surface area contributed by atoms with E-state index in [0.717, 1.165) is 33.9 Å². The maximum atomic E-state index is 12.9. The van der Waals surface area contributed by atoms with E-state index in [2.05, 4.69) is 10.4 Å². The zero-order chi connectivity index (χ0) is 21.1. The SMILES string of the molecule is COc1ccccc1CNC(=O)C(C)(C)n1cc(-c2ccc3c(c2)OCCO3)cn1. The Morgan fingerprint density at radius 2 is 1.90 bits per heavy atom. The highest BCUT2D eigenvalue weighted by Crippen LogP contribution is 2.34. The number of nitrogens with one attached hydrogen (secondary N) is 1. The zero-order valence-corrected chi connectivity index (χ0v) is 17.3. The molecule has 1 N–H and O–H groups in total. The molecule has 1 aliphatic heterocycles. The highest BCUT2D eigenvalue weighted by Gasteiger charge is 2.31. The van der Waals surface area contributed by atoms with Crippen LogP contribution >= 0.6 is 0 Å². The summed E-state index contributed by atoms with van der Waals surface area (Å²) in [7, 11) is 1.62. The summed E-state index contributed by atoms with van der Waals surface area (Å²) in [4.78, 5) is 12.9. The van der Waals surface area contributed by atoms with Gasteiger partial charge >= 0.3 is 0 Å². The number of hydrogen-bond donors (Lipinski definition) is 1. The molecule has 0 fully saturated rings. The molecule has 0 radical (unpaired) electrons. The van der Waals surface area contributed by atoms with E-state index in [9.17, 15) is 4.79 Å². The highest BCUT2D eigenvalue weighted by atomic mass is 16.6. The molecule has 4 rings (SSSR count). The quantitative estimate of drug-likeness (QED) is 0.678. The number of para-hydroxylation sites is 1. The van der Waals surface area contributed by atoms with Crippen LogP contribution in [0.4, 0.5) is 0 Å². The summed E-state index contributed by atoms with van der Waals surface area (Å²) in [5, 5.41) is 7.43. The van der Waals surface area contributed by atoms with Gasteiger partial charge in [-0.15, -0.1) is 0 Å². The van der Waals surface area contributed by atoms with Crippen LogP contribution in [0.5, 0.6) is 17.2 Å². The van der Waals surface area contributed by atoms with Crippen LogP contribution in [0.3, 0.4) is 0 Å². The van der Waals surface area contributed by atoms with E-state index in [0.29, 0.717) is 19.8 Å². The minimum Gasteiger partial charge on any atom is -0.496 e. The van der Waals surface area contributed by atoms with Crippen LogP contribution in [0.1, 0.15) is 19.4 Å². The summed E-state index contributed by atoms with van der Waals surface area (Å²) in [6, 6.07) is 13.4. The lowest BCUT2D eigenvalue weighted by atomic mass is 10.0. The average Bonchev–Trinajstić information content (AvgIpc) is 3.28. The Hall–Kier alpha value is -3.48. The minimum atomic E-state index is -0.867. The van der Waals surface area contributed by atoms with Crippen molar-refractivity contribution in [3.8, 4) is 28.4 Å². The molecule has 156 valence electrons. The van der Waals surface area contributed by atoms with E-state index >= 15 is 0 Å². The van der Waals surface area contributed by atoms with Gasteiger partial charge in [0.2, 0.25) is 5.91 Å². The Bertz CT molecular complexity index is 1060. The number of hydrogen-bond acceptors (Lipinski definition) is 5. The van der Waals surface area contributed by atoms with Crippen LogP contribution in [-0.4, -0.2) is 36.0 Å². The van der Waals surface area contributed by atoms with Gasteiger partial charge in [0.25, 0.3) is 0 Å². The smallest absolute Gasteiger partial charge is 0.247 e. The molecule has 7 nitrogen and oxygen atoms in total. The Morgan fingerprint density at radius 3 is 2.70 bits per heavy atom. The van der Waals surface area contributed by atoms with Crippen molar-refractivity contribution in [1.82, 2.24) is 15.1 Å². The van der Waals surface area contributed by atoms with Gasteiger partial charge in [-0.05, 0) is 37.6 Å². The first-order valence-electron chi connectivity index (χ1n) is 9.84. The monoisotopic (exact) mass is 407 g/mol.